The lowest BCUT2D eigenvalue weighted by Crippen LogP contribution is -2.54. The summed E-state index contributed by atoms with van der Waals surface area (Å²) >= 11 is 0. The fourth-order valence-corrected chi connectivity index (χ4v) is 2.44. The van der Waals surface area contributed by atoms with Crippen LogP contribution in [0.3, 0.4) is 0 Å². The zero-order valence-electron chi connectivity index (χ0n) is 18.3. The van der Waals surface area contributed by atoms with Crippen LogP contribution in [0, 0.1) is 0 Å². The van der Waals surface area contributed by atoms with Crippen LogP contribution in [0.25, 0.3) is 0 Å². The number of carbonyl (C=O) groups is 1. The molecule has 0 aliphatic carbocycles. The predicted octanol–water partition coefficient (Wildman–Crippen LogP) is 3.10. The lowest BCUT2D eigenvalue weighted by Gasteiger charge is -2.29. The molecule has 3 N–H and O–H groups in total. The Morgan fingerprint density at radius 2 is 1.71 bits per heavy atom. The first-order chi connectivity index (χ1) is 13.0. The normalized spacial score (nSPS) is 12.3. The lowest BCUT2D eigenvalue weighted by atomic mass is 10.1. The van der Waals surface area contributed by atoms with E-state index in [1.165, 1.54) is 5.56 Å². The molecule has 0 atom stereocenters. The van der Waals surface area contributed by atoms with Crippen molar-refractivity contribution in [1.82, 2.24) is 16.0 Å². The number of aliphatic imine (C=N–C) groups is 1. The van der Waals surface area contributed by atoms with Gasteiger partial charge < -0.3 is 25.4 Å². The van der Waals surface area contributed by atoms with Gasteiger partial charge in [-0.25, -0.2) is 4.79 Å². The van der Waals surface area contributed by atoms with E-state index < -0.39 is 17.2 Å². The molecule has 158 valence electrons. The number of aryl methyl sites for hydroxylation is 1. The molecule has 0 aliphatic rings. The number of nitrogens with one attached hydrogen (secondary N) is 3. The van der Waals surface area contributed by atoms with Crippen LogP contribution in [-0.2, 0) is 11.2 Å². The van der Waals surface area contributed by atoms with E-state index in [0.29, 0.717) is 12.5 Å². The first kappa shape index (κ1) is 23.6. The Bertz CT molecular complexity index is 634. The Morgan fingerprint density at radius 1 is 1.07 bits per heavy atom. The van der Waals surface area contributed by atoms with Crippen LogP contribution in [0.15, 0.2) is 29.3 Å². The average Bonchev–Trinajstić information content (AvgIpc) is 2.59. The SMILES string of the molecule is CN=C(NCCCc1ccc(OC)cc1)NCC(C)(C)NC(=O)OC(C)(C)C. The number of carbonyl (C=O) groups excluding carboxylic acids is 1. The monoisotopic (exact) mass is 392 g/mol. The third kappa shape index (κ3) is 10.0. The van der Waals surface area contributed by atoms with E-state index in [9.17, 15) is 4.79 Å². The van der Waals surface area contributed by atoms with Crippen LogP contribution in [0.2, 0.25) is 0 Å². The number of methoxy groups -OCH3 is 1. The van der Waals surface area contributed by atoms with Crippen molar-refractivity contribution in [1.29, 1.82) is 0 Å². The number of benzene rings is 1. The number of hydrogen-bond donors (Lipinski definition) is 3. The number of rotatable bonds is 8. The molecule has 7 heteroatoms. The molecule has 0 bridgehead atoms. The molecule has 0 aliphatic heterocycles. The largest absolute Gasteiger partial charge is 0.497 e. The van der Waals surface area contributed by atoms with Gasteiger partial charge in [0, 0.05) is 20.1 Å². The molecule has 0 aromatic heterocycles. The minimum atomic E-state index is -0.519. The summed E-state index contributed by atoms with van der Waals surface area (Å²) in [4.78, 5) is 16.2. The van der Waals surface area contributed by atoms with Gasteiger partial charge in [-0.1, -0.05) is 12.1 Å². The number of hydrogen-bond acceptors (Lipinski definition) is 4. The molecule has 1 aromatic rings. The van der Waals surface area contributed by atoms with Crippen molar-refractivity contribution in [2.24, 2.45) is 4.99 Å². The molecule has 1 amide bonds. The predicted molar refractivity (Wildman–Crippen MR) is 114 cm³/mol. The van der Waals surface area contributed by atoms with Gasteiger partial charge in [0.25, 0.3) is 0 Å². The summed E-state index contributed by atoms with van der Waals surface area (Å²) in [6.07, 6.45) is 1.52. The molecule has 1 aromatic carbocycles. The Kier molecular flexibility index (Phi) is 9.09. The molecule has 0 saturated heterocycles. The maximum absolute atomic E-state index is 12.0. The second-order valence-electron chi connectivity index (χ2n) is 8.31. The highest BCUT2D eigenvalue weighted by Gasteiger charge is 2.24. The fourth-order valence-electron chi connectivity index (χ4n) is 2.44. The molecule has 0 fully saturated rings. The van der Waals surface area contributed by atoms with Crippen molar-refractivity contribution in [2.45, 2.75) is 58.6 Å². The van der Waals surface area contributed by atoms with Gasteiger partial charge in [0.1, 0.15) is 11.4 Å². The van der Waals surface area contributed by atoms with E-state index in [2.05, 4.69) is 33.1 Å². The standard InChI is InChI=1S/C21H36N4O3/c1-20(2,3)28-19(26)25-21(4,5)15-24-18(22-6)23-14-8-9-16-10-12-17(27-7)13-11-16/h10-13H,8-9,14-15H2,1-7H3,(H,25,26)(H2,22,23,24). The first-order valence-electron chi connectivity index (χ1n) is 9.63. The summed E-state index contributed by atoms with van der Waals surface area (Å²) in [5, 5.41) is 9.41. The van der Waals surface area contributed by atoms with Crippen LogP contribution in [0.5, 0.6) is 5.75 Å². The number of ether oxygens (including phenoxy) is 2. The van der Waals surface area contributed by atoms with Crippen molar-refractivity contribution >= 4 is 12.1 Å². The molecule has 0 saturated carbocycles. The number of guanidine groups is 1. The fraction of sp³-hybridized carbons (Fsp3) is 0.619. The van der Waals surface area contributed by atoms with E-state index in [0.717, 1.165) is 25.1 Å². The van der Waals surface area contributed by atoms with Gasteiger partial charge in [-0.2, -0.15) is 0 Å². The molecule has 0 spiro atoms. The molecule has 1 rings (SSSR count). The summed E-state index contributed by atoms with van der Waals surface area (Å²) < 4.78 is 10.5. The van der Waals surface area contributed by atoms with Crippen LogP contribution >= 0.6 is 0 Å². The Labute approximate surface area is 169 Å². The van der Waals surface area contributed by atoms with Gasteiger partial charge in [0.05, 0.1) is 12.6 Å². The topological polar surface area (TPSA) is 84.0 Å². The maximum atomic E-state index is 12.0. The van der Waals surface area contributed by atoms with Gasteiger partial charge in [0.2, 0.25) is 0 Å². The smallest absolute Gasteiger partial charge is 0.408 e. The maximum Gasteiger partial charge on any atom is 0.408 e. The van der Waals surface area contributed by atoms with Crippen molar-refractivity contribution in [3.8, 4) is 5.75 Å². The van der Waals surface area contributed by atoms with Gasteiger partial charge in [-0.15, -0.1) is 0 Å². The van der Waals surface area contributed by atoms with Crippen LogP contribution in [-0.4, -0.2) is 50.4 Å². The highest BCUT2D eigenvalue weighted by Crippen LogP contribution is 2.12. The highest BCUT2D eigenvalue weighted by molar-refractivity contribution is 5.79. The van der Waals surface area contributed by atoms with Crippen LogP contribution in [0.1, 0.15) is 46.6 Å². The van der Waals surface area contributed by atoms with Gasteiger partial charge in [-0.3, -0.25) is 4.99 Å². The summed E-state index contributed by atoms with van der Waals surface area (Å²) in [5.74, 6) is 1.57. The summed E-state index contributed by atoms with van der Waals surface area (Å²) in [5.41, 5.74) is 0.270. The van der Waals surface area contributed by atoms with E-state index in [1.54, 1.807) is 14.2 Å². The first-order valence-corrected chi connectivity index (χ1v) is 9.63. The lowest BCUT2D eigenvalue weighted by molar-refractivity contribution is 0.0474. The zero-order valence-corrected chi connectivity index (χ0v) is 18.3. The minimum Gasteiger partial charge on any atom is -0.497 e. The average molecular weight is 393 g/mol. The van der Waals surface area contributed by atoms with Gasteiger partial charge >= 0.3 is 6.09 Å². The Balaban J connectivity index is 2.34. The third-order valence-corrected chi connectivity index (χ3v) is 3.85. The zero-order chi connectivity index (χ0) is 21.2. The van der Waals surface area contributed by atoms with Crippen molar-refractivity contribution in [3.05, 3.63) is 29.8 Å². The van der Waals surface area contributed by atoms with Crippen molar-refractivity contribution < 1.29 is 14.3 Å². The third-order valence-electron chi connectivity index (χ3n) is 3.85. The van der Waals surface area contributed by atoms with Crippen molar-refractivity contribution in [3.63, 3.8) is 0 Å². The molecule has 0 unspecified atom stereocenters. The van der Waals surface area contributed by atoms with E-state index in [-0.39, 0.29) is 0 Å². The minimum absolute atomic E-state index is 0.429. The molecule has 0 heterocycles. The number of amides is 1. The number of nitrogens with zero attached hydrogens (tertiary/aromatic N) is 1. The summed E-state index contributed by atoms with van der Waals surface area (Å²) in [6.45, 7) is 10.7. The molecular formula is C21H36N4O3. The van der Waals surface area contributed by atoms with E-state index in [4.69, 9.17) is 9.47 Å². The second-order valence-corrected chi connectivity index (χ2v) is 8.31. The summed E-state index contributed by atoms with van der Waals surface area (Å²) in [7, 11) is 3.40. The Morgan fingerprint density at radius 3 is 2.25 bits per heavy atom. The van der Waals surface area contributed by atoms with Gasteiger partial charge in [0.15, 0.2) is 5.96 Å². The molecule has 7 nitrogen and oxygen atoms in total. The Hall–Kier alpha value is -2.44. The van der Waals surface area contributed by atoms with Gasteiger partial charge in [-0.05, 0) is 65.2 Å². The molecular weight excluding hydrogens is 356 g/mol. The highest BCUT2D eigenvalue weighted by atomic mass is 16.6. The number of alkyl carbamates (subject to hydrolysis) is 1. The quantitative estimate of drug-likeness (QED) is 0.360. The van der Waals surface area contributed by atoms with Crippen LogP contribution < -0.4 is 20.7 Å². The molecule has 0 radical (unpaired) electrons. The van der Waals surface area contributed by atoms with E-state index >= 15 is 0 Å². The van der Waals surface area contributed by atoms with Crippen molar-refractivity contribution in [2.75, 3.05) is 27.2 Å². The summed E-state index contributed by atoms with van der Waals surface area (Å²) in [6, 6.07) is 8.11. The van der Waals surface area contributed by atoms with Crippen LogP contribution in [0.4, 0.5) is 4.79 Å². The second kappa shape index (κ2) is 10.8. The van der Waals surface area contributed by atoms with E-state index in [1.807, 2.05) is 46.8 Å². The molecule has 28 heavy (non-hydrogen) atoms.